The van der Waals surface area contributed by atoms with Crippen molar-refractivity contribution in [2.75, 3.05) is 13.2 Å². The van der Waals surface area contributed by atoms with Crippen molar-refractivity contribution in [3.8, 4) is 0 Å². The molecule has 0 aromatic carbocycles. The van der Waals surface area contributed by atoms with Crippen LogP contribution in [0.4, 0.5) is 0 Å². The lowest BCUT2D eigenvalue weighted by Gasteiger charge is -2.65. The van der Waals surface area contributed by atoms with Crippen LogP contribution < -0.4 is 0 Å². The number of fused-ring (bicyclic) bond motifs is 2. The number of aliphatic hydroxyl groups is 8. The molecule has 5 aliphatic carbocycles. The molecule has 3 heterocycles. The van der Waals surface area contributed by atoms with Crippen molar-refractivity contribution in [2.45, 2.75) is 204 Å². The van der Waals surface area contributed by atoms with E-state index >= 15 is 0 Å². The minimum absolute atomic E-state index is 0.0829. The molecule has 0 unspecified atom stereocenters. The highest BCUT2D eigenvalue weighted by Gasteiger charge is 2.85. The van der Waals surface area contributed by atoms with Crippen molar-refractivity contribution in [1.82, 2.24) is 0 Å². The van der Waals surface area contributed by atoms with Gasteiger partial charge in [-0.05, 0) is 117 Å². The summed E-state index contributed by atoms with van der Waals surface area (Å²) in [5.74, 6) is -0.931. The molecular formula is C43H70O15. The van der Waals surface area contributed by atoms with Crippen LogP contribution in [0.3, 0.4) is 0 Å². The summed E-state index contributed by atoms with van der Waals surface area (Å²) in [5, 5.41) is 87.3. The van der Waals surface area contributed by atoms with E-state index < -0.39 is 103 Å². The van der Waals surface area contributed by atoms with Crippen molar-refractivity contribution in [1.29, 1.82) is 0 Å². The maximum absolute atomic E-state index is 12.2. The highest BCUT2D eigenvalue weighted by molar-refractivity contribution is 5.66. The van der Waals surface area contributed by atoms with Gasteiger partial charge in [-0.25, -0.2) is 0 Å². The molecule has 0 amide bonds. The predicted molar refractivity (Wildman–Crippen MR) is 203 cm³/mol. The Morgan fingerprint density at radius 3 is 2.14 bits per heavy atom. The molecule has 15 heteroatoms. The maximum atomic E-state index is 12.2. The molecule has 21 atom stereocenters. The molecule has 8 N–H and O–H groups in total. The van der Waals surface area contributed by atoms with Gasteiger partial charge in [-0.1, -0.05) is 27.7 Å². The van der Waals surface area contributed by atoms with Gasteiger partial charge in [-0.3, -0.25) is 4.79 Å². The Hall–Kier alpha value is -1.05. The van der Waals surface area contributed by atoms with Gasteiger partial charge in [-0.2, -0.15) is 0 Å². The topological polar surface area (TPSA) is 234 Å². The summed E-state index contributed by atoms with van der Waals surface area (Å²) in [4.78, 5) is 12.1. The van der Waals surface area contributed by atoms with Crippen molar-refractivity contribution in [3.05, 3.63) is 0 Å². The zero-order valence-electron chi connectivity index (χ0n) is 35.5. The zero-order chi connectivity index (χ0) is 42.3. The largest absolute Gasteiger partial charge is 0.454 e. The average Bonchev–Trinajstić information content (AvgIpc) is 3.50. The lowest BCUT2D eigenvalue weighted by Crippen LogP contribution is -2.65. The van der Waals surface area contributed by atoms with E-state index in [4.69, 9.17) is 28.4 Å². The van der Waals surface area contributed by atoms with Crippen LogP contribution in [0.2, 0.25) is 0 Å². The predicted octanol–water partition coefficient (Wildman–Crippen LogP) is 1.29. The third-order valence-electron chi connectivity index (χ3n) is 17.9. The van der Waals surface area contributed by atoms with E-state index in [1.54, 1.807) is 13.8 Å². The Labute approximate surface area is 341 Å². The minimum Gasteiger partial charge on any atom is -0.454 e. The van der Waals surface area contributed by atoms with Crippen LogP contribution in [0.15, 0.2) is 0 Å². The van der Waals surface area contributed by atoms with Crippen LogP contribution in [-0.4, -0.2) is 151 Å². The van der Waals surface area contributed by atoms with Gasteiger partial charge in [0.2, 0.25) is 0 Å². The fourth-order valence-corrected chi connectivity index (χ4v) is 15.2. The summed E-state index contributed by atoms with van der Waals surface area (Å²) in [7, 11) is 0. The zero-order valence-corrected chi connectivity index (χ0v) is 35.5. The third-order valence-corrected chi connectivity index (χ3v) is 17.9. The van der Waals surface area contributed by atoms with Gasteiger partial charge in [0, 0.05) is 12.8 Å². The van der Waals surface area contributed by atoms with E-state index in [1.807, 2.05) is 0 Å². The SMILES string of the molecule is CC(=O)O[C@H]1[C@H](O[C@H]2CC[C@]34C[C@]35CC[C@]3(C)[C@@H]([C@@]6(C)CC[C@@H](C(C)(C)O)O6)[C@@H](O)C[C@@]3(C)[C@H]5C[C@H](O[C@@H]3O[C@H](CO)[C@@H](O)[C@H](O)[C@H]3O)[C@@H]4C2(C)C)OC[C@@H](O)[C@@H]1O. The van der Waals surface area contributed by atoms with E-state index in [1.165, 1.54) is 6.92 Å². The average molecular weight is 827 g/mol. The molecule has 0 bridgehead atoms. The third kappa shape index (κ3) is 6.17. The maximum Gasteiger partial charge on any atom is 0.303 e. The summed E-state index contributed by atoms with van der Waals surface area (Å²) >= 11 is 0. The number of ether oxygens (including phenoxy) is 6. The first-order chi connectivity index (χ1) is 26.9. The van der Waals surface area contributed by atoms with Crippen LogP contribution in [0.1, 0.15) is 113 Å². The molecule has 15 nitrogen and oxygen atoms in total. The van der Waals surface area contributed by atoms with Crippen LogP contribution in [-0.2, 0) is 33.2 Å². The second-order valence-corrected chi connectivity index (χ2v) is 21.6. The van der Waals surface area contributed by atoms with Gasteiger partial charge in [0.05, 0.1) is 48.8 Å². The Kier molecular flexibility index (Phi) is 10.7. The van der Waals surface area contributed by atoms with Crippen molar-refractivity contribution >= 4 is 5.97 Å². The summed E-state index contributed by atoms with van der Waals surface area (Å²) < 4.78 is 37.8. The standard InChI is InChI=1S/C43H70O15/c1-20(45)54-32-28(48)22(47)18-53-36(32)57-26-10-12-43-19-42(43)14-13-39(6)33(41(8)11-9-27(58-41)38(4,5)52)21(46)16-40(39,7)25(42)15-23(34(43)37(26,2)3)55-35-31(51)30(50)29(49)24(17-44)56-35/h21-36,44,46-52H,9-19H2,1-8H3/t21-,22+,23-,24+,25+,26-,27-,28-,29+,30-,31+,32+,33-,34+,35+,36-,39+,40-,41+,42-,43+/m0/s1. The first kappa shape index (κ1) is 43.6. The second-order valence-electron chi connectivity index (χ2n) is 21.6. The number of hydrogen-bond donors (Lipinski definition) is 8. The molecule has 2 spiro atoms. The van der Waals surface area contributed by atoms with Gasteiger partial charge in [0.15, 0.2) is 18.7 Å². The fourth-order valence-electron chi connectivity index (χ4n) is 15.2. The monoisotopic (exact) mass is 826 g/mol. The molecule has 58 heavy (non-hydrogen) atoms. The number of carbonyl (C=O) groups excluding carboxylic acids is 1. The van der Waals surface area contributed by atoms with Crippen LogP contribution in [0.5, 0.6) is 0 Å². The van der Waals surface area contributed by atoms with Gasteiger partial charge < -0.3 is 69.3 Å². The number of aliphatic hydroxyl groups excluding tert-OH is 7. The quantitative estimate of drug-likeness (QED) is 0.127. The lowest BCUT2D eigenvalue weighted by molar-refractivity contribution is -0.339. The Morgan fingerprint density at radius 1 is 0.793 bits per heavy atom. The van der Waals surface area contributed by atoms with Crippen LogP contribution in [0.25, 0.3) is 0 Å². The molecule has 8 fully saturated rings. The Morgan fingerprint density at radius 2 is 1.50 bits per heavy atom. The van der Waals surface area contributed by atoms with Crippen LogP contribution in [0, 0.1) is 44.8 Å². The normalized spacial score (nSPS) is 56.1. The summed E-state index contributed by atoms with van der Waals surface area (Å²) in [6.45, 7) is 15.0. The van der Waals surface area contributed by atoms with Crippen molar-refractivity contribution in [3.63, 3.8) is 0 Å². The smallest absolute Gasteiger partial charge is 0.303 e. The van der Waals surface area contributed by atoms with Crippen LogP contribution >= 0.6 is 0 Å². The van der Waals surface area contributed by atoms with E-state index in [-0.39, 0.29) is 52.1 Å². The van der Waals surface area contributed by atoms with Gasteiger partial charge in [0.25, 0.3) is 0 Å². The highest BCUT2D eigenvalue weighted by Crippen LogP contribution is 2.89. The van der Waals surface area contributed by atoms with Gasteiger partial charge in [0.1, 0.15) is 36.6 Å². The number of hydrogen-bond acceptors (Lipinski definition) is 15. The van der Waals surface area contributed by atoms with Gasteiger partial charge >= 0.3 is 5.97 Å². The number of esters is 1. The summed E-state index contributed by atoms with van der Waals surface area (Å²) in [6.07, 6.45) is -7.66. The molecule has 332 valence electrons. The van der Waals surface area contributed by atoms with E-state index in [9.17, 15) is 45.6 Å². The molecular weight excluding hydrogens is 756 g/mol. The first-order valence-electron chi connectivity index (χ1n) is 21.8. The Balaban J connectivity index is 1.15. The number of carbonyl (C=O) groups is 1. The molecule has 0 radical (unpaired) electrons. The summed E-state index contributed by atoms with van der Waals surface area (Å²) in [6, 6.07) is 0. The molecule has 3 aliphatic heterocycles. The molecule has 8 aliphatic rings. The number of rotatable bonds is 8. The molecule has 0 aromatic heterocycles. The van der Waals surface area contributed by atoms with E-state index in [2.05, 4.69) is 34.6 Å². The fraction of sp³-hybridized carbons (Fsp3) is 0.977. The van der Waals surface area contributed by atoms with Crippen molar-refractivity contribution in [2.24, 2.45) is 44.8 Å². The Bertz CT molecular complexity index is 1570. The highest BCUT2D eigenvalue weighted by atomic mass is 16.7. The molecule has 3 saturated heterocycles. The molecule has 5 saturated carbocycles. The molecule has 0 aromatic rings. The first-order valence-corrected chi connectivity index (χ1v) is 21.8. The molecule has 8 rings (SSSR count). The van der Waals surface area contributed by atoms with E-state index in [0.717, 1.165) is 32.1 Å². The van der Waals surface area contributed by atoms with Crippen molar-refractivity contribution < 1.29 is 74.1 Å². The summed E-state index contributed by atoms with van der Waals surface area (Å²) in [5.41, 5.74) is -3.32. The minimum atomic E-state index is -1.62. The second kappa shape index (κ2) is 14.2. The van der Waals surface area contributed by atoms with E-state index in [0.29, 0.717) is 25.7 Å². The lowest BCUT2D eigenvalue weighted by atomic mass is 9.41. The van der Waals surface area contributed by atoms with Gasteiger partial charge in [-0.15, -0.1) is 0 Å².